The van der Waals surface area contributed by atoms with E-state index in [0.717, 1.165) is 22.6 Å². The molecule has 0 N–H and O–H groups in total. The molecule has 0 aromatic rings. The molecule has 2 nitrogen and oxygen atoms in total. The first-order valence-corrected chi connectivity index (χ1v) is 5.51. The van der Waals surface area contributed by atoms with Crippen LogP contribution in [0, 0.1) is 0 Å². The van der Waals surface area contributed by atoms with Gasteiger partial charge in [-0.3, -0.25) is 4.79 Å². The number of carbonyl (C=O) groups is 1. The number of halogens is 4. The topological polar surface area (TPSA) is 26.3 Å². The lowest BCUT2D eigenvalue weighted by molar-refractivity contribution is -0.191. The van der Waals surface area contributed by atoms with Gasteiger partial charge >= 0.3 is 12.1 Å². The van der Waals surface area contributed by atoms with Crippen LogP contribution >= 0.6 is 22.6 Å². The number of carbonyl (C=O) groups excluding carboxylic acids is 1. The molecular formula is C9H14F3IO2. The zero-order chi connectivity index (χ0) is 12.5. The second kappa shape index (κ2) is 4.47. The molecule has 6 heteroatoms. The fraction of sp³-hybridized carbons (Fsp3) is 0.889. The van der Waals surface area contributed by atoms with Crippen LogP contribution in [0.25, 0.3) is 0 Å². The number of rotatable bonds is 2. The van der Waals surface area contributed by atoms with Crippen LogP contribution in [0.3, 0.4) is 0 Å². The predicted octanol–water partition coefficient (Wildman–Crippen LogP) is 3.47. The predicted molar refractivity (Wildman–Crippen MR) is 58.9 cm³/mol. The summed E-state index contributed by atoms with van der Waals surface area (Å²) in [5.74, 6) is -1.23. The van der Waals surface area contributed by atoms with Crippen molar-refractivity contribution in [3.8, 4) is 0 Å². The van der Waals surface area contributed by atoms with E-state index in [1.165, 1.54) is 27.7 Å². The lowest BCUT2D eigenvalue weighted by atomic mass is 10.1. The van der Waals surface area contributed by atoms with E-state index >= 15 is 0 Å². The van der Waals surface area contributed by atoms with E-state index in [1.54, 1.807) is 0 Å². The standard InChI is InChI=1S/C9H14F3IO2/c1-5-8(13,9(10,11)12)6(14)15-7(2,3)4/h5H2,1-4H3. The minimum absolute atomic E-state index is 0.341. The van der Waals surface area contributed by atoms with Crippen LogP contribution in [0.5, 0.6) is 0 Å². The van der Waals surface area contributed by atoms with Gasteiger partial charge in [0.1, 0.15) is 5.60 Å². The molecule has 0 aliphatic rings. The molecule has 0 bridgehead atoms. The number of hydrogen-bond donors (Lipinski definition) is 0. The third-order valence-corrected chi connectivity index (χ3v) is 3.47. The SMILES string of the molecule is CCC(I)(C(=O)OC(C)(C)C)C(F)(F)F. The van der Waals surface area contributed by atoms with Crippen LogP contribution in [0.15, 0.2) is 0 Å². The molecule has 0 aliphatic carbocycles. The van der Waals surface area contributed by atoms with Gasteiger partial charge in [0.25, 0.3) is 0 Å². The maximum atomic E-state index is 12.6. The lowest BCUT2D eigenvalue weighted by Crippen LogP contribution is -2.49. The highest BCUT2D eigenvalue weighted by Gasteiger charge is 2.59. The zero-order valence-corrected chi connectivity index (χ0v) is 11.2. The number of esters is 1. The molecule has 0 aromatic carbocycles. The van der Waals surface area contributed by atoms with E-state index in [9.17, 15) is 18.0 Å². The van der Waals surface area contributed by atoms with Crippen molar-refractivity contribution in [1.29, 1.82) is 0 Å². The van der Waals surface area contributed by atoms with E-state index in [1.807, 2.05) is 0 Å². The number of ether oxygens (including phenoxy) is 1. The van der Waals surface area contributed by atoms with E-state index in [4.69, 9.17) is 4.74 Å². The Morgan fingerprint density at radius 3 is 1.87 bits per heavy atom. The Bertz CT molecular complexity index is 245. The van der Waals surface area contributed by atoms with Crippen LogP contribution in [0.4, 0.5) is 13.2 Å². The fourth-order valence-electron chi connectivity index (χ4n) is 0.819. The summed E-state index contributed by atoms with van der Waals surface area (Å²) in [5, 5.41) is 0. The van der Waals surface area contributed by atoms with Gasteiger partial charge in [0.15, 0.2) is 0 Å². The summed E-state index contributed by atoms with van der Waals surface area (Å²) >= 11 is 1.11. The summed E-state index contributed by atoms with van der Waals surface area (Å²) in [6.07, 6.45) is -4.93. The van der Waals surface area contributed by atoms with Crippen molar-refractivity contribution < 1.29 is 22.7 Å². The first-order chi connectivity index (χ1) is 6.44. The molecule has 0 aromatic heterocycles. The lowest BCUT2D eigenvalue weighted by Gasteiger charge is -2.30. The molecule has 1 unspecified atom stereocenters. The molecule has 1 atom stereocenters. The van der Waals surface area contributed by atoms with Crippen molar-refractivity contribution >= 4 is 28.6 Å². The molecule has 0 heterocycles. The quantitative estimate of drug-likeness (QED) is 0.438. The van der Waals surface area contributed by atoms with Crippen molar-refractivity contribution in [1.82, 2.24) is 0 Å². The molecule has 0 spiro atoms. The normalized spacial score (nSPS) is 17.1. The Morgan fingerprint density at radius 1 is 1.27 bits per heavy atom. The second-order valence-corrected chi connectivity index (χ2v) is 6.00. The molecule has 0 amide bonds. The number of hydrogen-bond acceptors (Lipinski definition) is 2. The fourth-order valence-corrected chi connectivity index (χ4v) is 0.930. The minimum atomic E-state index is -4.59. The molecule has 0 rings (SSSR count). The summed E-state index contributed by atoms with van der Waals surface area (Å²) in [7, 11) is 0. The van der Waals surface area contributed by atoms with Gasteiger partial charge in [-0.2, -0.15) is 13.2 Å². The first kappa shape index (κ1) is 15.0. The minimum Gasteiger partial charge on any atom is -0.459 e. The highest BCUT2D eigenvalue weighted by molar-refractivity contribution is 14.1. The van der Waals surface area contributed by atoms with Crippen molar-refractivity contribution in [3.63, 3.8) is 0 Å². The Balaban J connectivity index is 4.92. The third-order valence-electron chi connectivity index (χ3n) is 1.66. The van der Waals surface area contributed by atoms with E-state index < -0.39 is 21.2 Å². The number of alkyl halides is 4. The van der Waals surface area contributed by atoms with Crippen LogP contribution < -0.4 is 0 Å². The molecule has 0 saturated carbocycles. The molecule has 90 valence electrons. The van der Waals surface area contributed by atoms with Crippen molar-refractivity contribution in [2.24, 2.45) is 0 Å². The molecule has 0 fully saturated rings. The van der Waals surface area contributed by atoms with Gasteiger partial charge in [-0.25, -0.2) is 0 Å². The summed E-state index contributed by atoms with van der Waals surface area (Å²) < 4.78 is 40.2. The summed E-state index contributed by atoms with van der Waals surface area (Å²) in [4.78, 5) is 11.4. The van der Waals surface area contributed by atoms with E-state index in [2.05, 4.69) is 0 Å². The van der Waals surface area contributed by atoms with Gasteiger partial charge in [-0.05, 0) is 27.2 Å². The van der Waals surface area contributed by atoms with E-state index in [0.29, 0.717) is 0 Å². The molecule has 0 aliphatic heterocycles. The summed E-state index contributed by atoms with van der Waals surface area (Å²) in [5.41, 5.74) is -0.909. The monoisotopic (exact) mass is 338 g/mol. The Morgan fingerprint density at radius 2 is 1.67 bits per heavy atom. The smallest absolute Gasteiger partial charge is 0.413 e. The molecule has 15 heavy (non-hydrogen) atoms. The van der Waals surface area contributed by atoms with Crippen LogP contribution in [0.1, 0.15) is 34.1 Å². The van der Waals surface area contributed by atoms with Crippen LogP contribution in [-0.2, 0) is 9.53 Å². The highest BCUT2D eigenvalue weighted by Crippen LogP contribution is 2.42. The first-order valence-electron chi connectivity index (χ1n) is 4.43. The van der Waals surface area contributed by atoms with Crippen LogP contribution in [0.2, 0.25) is 0 Å². The summed E-state index contributed by atoms with van der Waals surface area (Å²) in [6.45, 7) is 5.92. The van der Waals surface area contributed by atoms with E-state index in [-0.39, 0.29) is 6.42 Å². The maximum absolute atomic E-state index is 12.6. The molecule has 0 radical (unpaired) electrons. The van der Waals surface area contributed by atoms with Gasteiger partial charge in [0, 0.05) is 0 Å². The maximum Gasteiger partial charge on any atom is 0.413 e. The van der Waals surface area contributed by atoms with Gasteiger partial charge in [-0.1, -0.05) is 29.5 Å². The van der Waals surface area contributed by atoms with Gasteiger partial charge in [-0.15, -0.1) is 0 Å². The second-order valence-electron chi connectivity index (χ2n) is 4.15. The zero-order valence-electron chi connectivity index (χ0n) is 9.04. The Labute approximate surface area is 101 Å². The Kier molecular flexibility index (Phi) is 4.46. The summed E-state index contributed by atoms with van der Waals surface area (Å²) in [6, 6.07) is 0. The Hall–Kier alpha value is -0.0100. The van der Waals surface area contributed by atoms with Crippen molar-refractivity contribution in [3.05, 3.63) is 0 Å². The largest absolute Gasteiger partial charge is 0.459 e. The van der Waals surface area contributed by atoms with Gasteiger partial charge < -0.3 is 4.74 Å². The molecule has 0 saturated heterocycles. The third kappa shape index (κ3) is 3.81. The average Bonchev–Trinajstić information content (AvgIpc) is 1.97. The van der Waals surface area contributed by atoms with Crippen molar-refractivity contribution in [2.75, 3.05) is 0 Å². The van der Waals surface area contributed by atoms with Gasteiger partial charge in [0.2, 0.25) is 3.42 Å². The molecular weight excluding hydrogens is 324 g/mol. The van der Waals surface area contributed by atoms with Crippen LogP contribution in [-0.4, -0.2) is 21.2 Å². The average molecular weight is 338 g/mol. The van der Waals surface area contributed by atoms with Crippen molar-refractivity contribution in [2.45, 2.75) is 49.3 Å². The van der Waals surface area contributed by atoms with Gasteiger partial charge in [0.05, 0.1) is 0 Å². The highest BCUT2D eigenvalue weighted by atomic mass is 127.